The lowest BCUT2D eigenvalue weighted by molar-refractivity contribution is 0.282. The van der Waals surface area contributed by atoms with Crippen molar-refractivity contribution in [1.82, 2.24) is 0 Å². The molecule has 2 aromatic carbocycles. The molecule has 0 aliphatic heterocycles. The Morgan fingerprint density at radius 3 is 2.30 bits per heavy atom. The summed E-state index contributed by atoms with van der Waals surface area (Å²) in [6, 6.07) is 10.3. The van der Waals surface area contributed by atoms with Crippen LogP contribution in [0.3, 0.4) is 0 Å². The van der Waals surface area contributed by atoms with Gasteiger partial charge in [-0.1, -0.05) is 18.2 Å². The molecule has 0 aliphatic rings. The van der Waals surface area contributed by atoms with Gasteiger partial charge in [0.2, 0.25) is 0 Å². The topological polar surface area (TPSA) is 118 Å². The van der Waals surface area contributed by atoms with E-state index in [1.165, 1.54) is 24.3 Å². The van der Waals surface area contributed by atoms with E-state index in [2.05, 4.69) is 0 Å². The molecule has 1 atom stereocenters. The molecular weight excluding hydrogens is 319 g/mol. The number of aliphatic hydroxyl groups is 1. The molecule has 2 aromatic rings. The Labute approximate surface area is 133 Å². The molecule has 2 rings (SSSR count). The fourth-order valence-electron chi connectivity index (χ4n) is 2.62. The predicted molar refractivity (Wildman–Crippen MR) is 86.1 cm³/mol. The standard InChI is InChI=1S/C16H19O6P/c17-8-2-5-14(11-3-1-4-12(18)9-11)15-7-6-13(19)10-16(15)23(20,21)22/h1,3-4,6-7,9-10,14,17-19H,2,5,8H2,(H2,20,21,22). The van der Waals surface area contributed by atoms with E-state index in [-0.39, 0.29) is 23.4 Å². The monoisotopic (exact) mass is 338 g/mol. The third-order valence-electron chi connectivity index (χ3n) is 3.63. The molecule has 23 heavy (non-hydrogen) atoms. The van der Waals surface area contributed by atoms with Crippen LogP contribution in [0.4, 0.5) is 0 Å². The predicted octanol–water partition coefficient (Wildman–Crippen LogP) is 1.81. The number of benzene rings is 2. The molecule has 0 heterocycles. The van der Waals surface area contributed by atoms with Gasteiger partial charge in [-0.15, -0.1) is 0 Å². The minimum Gasteiger partial charge on any atom is -0.508 e. The van der Waals surface area contributed by atoms with Crippen molar-refractivity contribution in [3.63, 3.8) is 0 Å². The minimum absolute atomic E-state index is 0.0491. The van der Waals surface area contributed by atoms with E-state index in [0.29, 0.717) is 24.0 Å². The lowest BCUT2D eigenvalue weighted by Gasteiger charge is -2.22. The Balaban J connectivity index is 2.58. The molecule has 0 bridgehead atoms. The van der Waals surface area contributed by atoms with Gasteiger partial charge in [-0.2, -0.15) is 0 Å². The Morgan fingerprint density at radius 2 is 1.70 bits per heavy atom. The molecule has 0 fully saturated rings. The highest BCUT2D eigenvalue weighted by atomic mass is 31.2. The van der Waals surface area contributed by atoms with E-state index in [1.807, 2.05) is 0 Å². The summed E-state index contributed by atoms with van der Waals surface area (Å²) in [5.74, 6) is -0.602. The second-order valence-electron chi connectivity index (χ2n) is 5.30. The Morgan fingerprint density at radius 1 is 1.00 bits per heavy atom. The molecule has 0 saturated carbocycles. The van der Waals surface area contributed by atoms with Crippen LogP contribution >= 0.6 is 7.60 Å². The second kappa shape index (κ2) is 7.15. The number of phenolic OH excluding ortho intramolecular Hbond substituents is 2. The highest BCUT2D eigenvalue weighted by Gasteiger charge is 2.27. The van der Waals surface area contributed by atoms with Gasteiger partial charge >= 0.3 is 7.60 Å². The molecular formula is C16H19O6P. The summed E-state index contributed by atoms with van der Waals surface area (Å²) in [6.45, 7) is -0.0569. The van der Waals surface area contributed by atoms with Crippen LogP contribution in [0.25, 0.3) is 0 Å². The van der Waals surface area contributed by atoms with E-state index in [9.17, 15) is 24.6 Å². The van der Waals surface area contributed by atoms with Gasteiger partial charge in [0.15, 0.2) is 0 Å². The molecule has 1 unspecified atom stereocenters. The molecule has 0 aliphatic carbocycles. The van der Waals surface area contributed by atoms with Gasteiger partial charge < -0.3 is 25.1 Å². The summed E-state index contributed by atoms with van der Waals surface area (Å²) >= 11 is 0. The summed E-state index contributed by atoms with van der Waals surface area (Å²) in [5.41, 5.74) is 1.05. The molecule has 6 nitrogen and oxygen atoms in total. The molecule has 0 saturated heterocycles. The molecule has 0 spiro atoms. The molecule has 0 amide bonds. The molecule has 0 radical (unpaired) electrons. The number of aromatic hydroxyl groups is 2. The summed E-state index contributed by atoms with van der Waals surface area (Å²) in [7, 11) is -4.59. The van der Waals surface area contributed by atoms with Crippen LogP contribution in [0.2, 0.25) is 0 Å². The highest BCUT2D eigenvalue weighted by molar-refractivity contribution is 7.60. The van der Waals surface area contributed by atoms with Crippen LogP contribution < -0.4 is 5.30 Å². The van der Waals surface area contributed by atoms with Gasteiger partial charge in [0, 0.05) is 12.5 Å². The Bertz CT molecular complexity index is 724. The van der Waals surface area contributed by atoms with Crippen LogP contribution in [0, 0.1) is 0 Å². The fraction of sp³-hybridized carbons (Fsp3) is 0.250. The van der Waals surface area contributed by atoms with Gasteiger partial charge in [-0.05, 0) is 48.2 Å². The van der Waals surface area contributed by atoms with Crippen molar-refractivity contribution in [1.29, 1.82) is 0 Å². The maximum Gasteiger partial charge on any atom is 0.356 e. The van der Waals surface area contributed by atoms with Gasteiger partial charge in [-0.25, -0.2) is 0 Å². The average Bonchev–Trinajstić information content (AvgIpc) is 2.48. The summed E-state index contributed by atoms with van der Waals surface area (Å²) in [6.07, 6.45) is 0.875. The summed E-state index contributed by atoms with van der Waals surface area (Å²) in [4.78, 5) is 19.1. The zero-order valence-corrected chi connectivity index (χ0v) is 13.2. The number of phenols is 2. The van der Waals surface area contributed by atoms with Crippen molar-refractivity contribution in [2.45, 2.75) is 18.8 Å². The molecule has 7 heteroatoms. The third-order valence-corrected chi connectivity index (χ3v) is 4.64. The Hall–Kier alpha value is -1.85. The second-order valence-corrected chi connectivity index (χ2v) is 6.87. The molecule has 5 N–H and O–H groups in total. The van der Waals surface area contributed by atoms with Crippen LogP contribution in [0.1, 0.15) is 29.9 Å². The average molecular weight is 338 g/mol. The first-order chi connectivity index (χ1) is 10.8. The van der Waals surface area contributed by atoms with Crippen molar-refractivity contribution >= 4 is 12.9 Å². The third kappa shape index (κ3) is 4.33. The molecule has 124 valence electrons. The lowest BCUT2D eigenvalue weighted by Crippen LogP contribution is -2.16. The summed E-state index contributed by atoms with van der Waals surface area (Å²) in [5, 5.41) is 28.1. The fourth-order valence-corrected chi connectivity index (χ4v) is 3.48. The van der Waals surface area contributed by atoms with E-state index in [1.54, 1.807) is 12.1 Å². The highest BCUT2D eigenvalue weighted by Crippen LogP contribution is 2.41. The molecule has 0 aromatic heterocycles. The number of rotatable bonds is 6. The van der Waals surface area contributed by atoms with Crippen molar-refractivity contribution in [3.05, 3.63) is 53.6 Å². The zero-order valence-electron chi connectivity index (χ0n) is 12.3. The summed E-state index contributed by atoms with van der Waals surface area (Å²) < 4.78 is 11.8. The van der Waals surface area contributed by atoms with Crippen molar-refractivity contribution in [3.8, 4) is 11.5 Å². The van der Waals surface area contributed by atoms with Gasteiger partial charge in [0.05, 0.1) is 5.30 Å². The van der Waals surface area contributed by atoms with Gasteiger partial charge in [0.25, 0.3) is 0 Å². The van der Waals surface area contributed by atoms with Gasteiger partial charge in [-0.3, -0.25) is 4.57 Å². The van der Waals surface area contributed by atoms with Crippen molar-refractivity contribution < 1.29 is 29.7 Å². The number of aliphatic hydroxyl groups excluding tert-OH is 1. The quantitative estimate of drug-likeness (QED) is 0.513. The first-order valence-electron chi connectivity index (χ1n) is 7.11. The first-order valence-corrected chi connectivity index (χ1v) is 8.73. The van der Waals surface area contributed by atoms with Crippen LogP contribution in [-0.2, 0) is 4.57 Å². The van der Waals surface area contributed by atoms with E-state index in [4.69, 9.17) is 5.11 Å². The zero-order chi connectivity index (χ0) is 17.0. The number of hydrogen-bond donors (Lipinski definition) is 5. The van der Waals surface area contributed by atoms with Crippen molar-refractivity contribution in [2.75, 3.05) is 6.61 Å². The largest absolute Gasteiger partial charge is 0.508 e. The minimum atomic E-state index is -4.59. The van der Waals surface area contributed by atoms with E-state index < -0.39 is 13.5 Å². The Kier molecular flexibility index (Phi) is 5.44. The van der Waals surface area contributed by atoms with Crippen molar-refractivity contribution in [2.24, 2.45) is 0 Å². The first kappa shape index (κ1) is 17.5. The normalized spacial score (nSPS) is 13.0. The van der Waals surface area contributed by atoms with Crippen LogP contribution in [-0.4, -0.2) is 31.7 Å². The van der Waals surface area contributed by atoms with Crippen LogP contribution in [0.15, 0.2) is 42.5 Å². The maximum absolute atomic E-state index is 11.8. The van der Waals surface area contributed by atoms with E-state index in [0.717, 1.165) is 6.07 Å². The lowest BCUT2D eigenvalue weighted by atomic mass is 9.87. The van der Waals surface area contributed by atoms with E-state index >= 15 is 0 Å². The van der Waals surface area contributed by atoms with Crippen LogP contribution in [0.5, 0.6) is 11.5 Å². The maximum atomic E-state index is 11.8. The van der Waals surface area contributed by atoms with Gasteiger partial charge in [0.1, 0.15) is 11.5 Å². The SMILES string of the molecule is O=P(O)(O)c1cc(O)ccc1C(CCCO)c1cccc(O)c1. The smallest absolute Gasteiger partial charge is 0.356 e. The number of hydrogen-bond acceptors (Lipinski definition) is 4.